The molecule has 1 aromatic carbocycles. The first kappa shape index (κ1) is 13.9. The molecule has 0 bridgehead atoms. The number of hydrogen-bond donors (Lipinski definition) is 2. The number of hydrogen-bond acceptors (Lipinski definition) is 5. The fraction of sp³-hybridized carbons (Fsp3) is 0.133. The van der Waals surface area contributed by atoms with Crippen molar-refractivity contribution in [3.05, 3.63) is 52.0 Å². The van der Waals surface area contributed by atoms with Gasteiger partial charge in [0.15, 0.2) is 0 Å². The number of aryl methyl sites for hydroxylation is 1. The number of aromatic nitrogens is 2. The van der Waals surface area contributed by atoms with Gasteiger partial charge in [-0.2, -0.15) is 0 Å². The van der Waals surface area contributed by atoms with Gasteiger partial charge in [0.25, 0.3) is 0 Å². The Morgan fingerprint density at radius 1 is 1.38 bits per heavy atom. The van der Waals surface area contributed by atoms with E-state index in [4.69, 9.17) is 18.0 Å². The minimum atomic E-state index is 0.339. The van der Waals surface area contributed by atoms with Crippen molar-refractivity contribution in [1.29, 1.82) is 0 Å². The highest BCUT2D eigenvalue weighted by Crippen LogP contribution is 2.21. The number of anilines is 1. The van der Waals surface area contributed by atoms with Crippen LogP contribution in [0.5, 0.6) is 0 Å². The van der Waals surface area contributed by atoms with Crippen molar-refractivity contribution in [2.24, 2.45) is 5.73 Å². The third-order valence-corrected chi connectivity index (χ3v) is 4.20. The number of pyridine rings is 1. The molecule has 0 spiro atoms. The zero-order valence-electron chi connectivity index (χ0n) is 11.5. The monoisotopic (exact) mass is 314 g/mol. The molecule has 6 heteroatoms. The quantitative estimate of drug-likeness (QED) is 0.724. The molecule has 0 unspecified atom stereocenters. The van der Waals surface area contributed by atoms with Crippen LogP contribution in [0, 0.1) is 6.92 Å². The van der Waals surface area contributed by atoms with Crippen molar-refractivity contribution >= 4 is 45.3 Å². The van der Waals surface area contributed by atoms with Crippen LogP contribution in [0.15, 0.2) is 36.5 Å². The summed E-state index contributed by atoms with van der Waals surface area (Å²) in [7, 11) is 0. The van der Waals surface area contributed by atoms with E-state index >= 15 is 0 Å². The van der Waals surface area contributed by atoms with Crippen LogP contribution >= 0.6 is 23.6 Å². The maximum atomic E-state index is 5.82. The lowest BCUT2D eigenvalue weighted by atomic mass is 10.1. The van der Waals surface area contributed by atoms with E-state index in [0.717, 1.165) is 21.5 Å². The van der Waals surface area contributed by atoms with Crippen LogP contribution < -0.4 is 11.1 Å². The van der Waals surface area contributed by atoms with E-state index in [1.165, 1.54) is 4.88 Å². The number of nitrogens with one attached hydrogen (secondary N) is 1. The third kappa shape index (κ3) is 3.01. The highest BCUT2D eigenvalue weighted by Gasteiger charge is 2.10. The highest BCUT2D eigenvalue weighted by molar-refractivity contribution is 7.80. The Hall–Kier alpha value is -2.05. The molecule has 0 aliphatic carbocycles. The average Bonchev–Trinajstić information content (AvgIpc) is 2.89. The second-order valence-corrected chi connectivity index (χ2v) is 6.42. The number of thiazole rings is 1. The molecule has 0 atom stereocenters. The third-order valence-electron chi connectivity index (χ3n) is 3.07. The number of fused-ring (bicyclic) bond motifs is 1. The van der Waals surface area contributed by atoms with Crippen molar-refractivity contribution in [2.45, 2.75) is 13.5 Å². The maximum Gasteiger partial charge on any atom is 0.137 e. The standard InChI is InChI=1S/C15H14N4S2/c1-9-7-17-13(21-9)8-18-15-11(14(16)20)6-10-4-2-3-5-12(10)19-15/h2-7H,8H2,1H3,(H2,16,20)(H,18,19). The van der Waals surface area contributed by atoms with Gasteiger partial charge in [-0.15, -0.1) is 11.3 Å². The van der Waals surface area contributed by atoms with Gasteiger partial charge < -0.3 is 11.1 Å². The molecule has 0 radical (unpaired) electrons. The van der Waals surface area contributed by atoms with Gasteiger partial charge >= 0.3 is 0 Å². The summed E-state index contributed by atoms with van der Waals surface area (Å²) in [6.07, 6.45) is 1.87. The van der Waals surface area contributed by atoms with E-state index in [-0.39, 0.29) is 0 Å². The minimum Gasteiger partial charge on any atom is -0.389 e. The van der Waals surface area contributed by atoms with Gasteiger partial charge in [-0.3, -0.25) is 0 Å². The van der Waals surface area contributed by atoms with Gasteiger partial charge in [0, 0.05) is 16.5 Å². The normalized spacial score (nSPS) is 10.7. The van der Waals surface area contributed by atoms with Crippen molar-refractivity contribution < 1.29 is 0 Å². The van der Waals surface area contributed by atoms with Crippen LogP contribution in [-0.2, 0) is 6.54 Å². The Kier molecular flexibility index (Phi) is 3.81. The molecule has 0 fully saturated rings. The van der Waals surface area contributed by atoms with Crippen LogP contribution in [0.2, 0.25) is 0 Å². The summed E-state index contributed by atoms with van der Waals surface area (Å²) in [6.45, 7) is 2.65. The lowest BCUT2D eigenvalue weighted by Gasteiger charge is -2.10. The summed E-state index contributed by atoms with van der Waals surface area (Å²) in [4.78, 5) is 10.5. The number of thiocarbonyl (C=S) groups is 1. The van der Waals surface area contributed by atoms with Crippen LogP contribution in [0.4, 0.5) is 5.82 Å². The summed E-state index contributed by atoms with van der Waals surface area (Å²) in [5.41, 5.74) is 7.49. The summed E-state index contributed by atoms with van der Waals surface area (Å²) < 4.78 is 0. The molecule has 4 nitrogen and oxygen atoms in total. The summed E-state index contributed by atoms with van der Waals surface area (Å²) >= 11 is 6.79. The largest absolute Gasteiger partial charge is 0.389 e. The first-order valence-electron chi connectivity index (χ1n) is 6.48. The molecule has 106 valence electrons. The van der Waals surface area contributed by atoms with E-state index in [2.05, 4.69) is 15.3 Å². The molecule has 0 amide bonds. The zero-order chi connectivity index (χ0) is 14.8. The Labute approximate surface area is 132 Å². The Morgan fingerprint density at radius 2 is 2.19 bits per heavy atom. The highest BCUT2D eigenvalue weighted by atomic mass is 32.1. The number of rotatable bonds is 4. The molecule has 3 rings (SSSR count). The van der Waals surface area contributed by atoms with Gasteiger partial charge in [-0.25, -0.2) is 9.97 Å². The van der Waals surface area contributed by atoms with E-state index < -0.39 is 0 Å². The minimum absolute atomic E-state index is 0.339. The number of nitrogens with zero attached hydrogens (tertiary/aromatic N) is 2. The molecule has 0 aliphatic heterocycles. The predicted octanol–water partition coefficient (Wildman–Crippen LogP) is 3.25. The summed E-state index contributed by atoms with van der Waals surface area (Å²) in [6, 6.07) is 9.87. The molecular formula is C15H14N4S2. The van der Waals surface area contributed by atoms with Crippen LogP contribution in [-0.4, -0.2) is 15.0 Å². The van der Waals surface area contributed by atoms with Gasteiger partial charge in [0.2, 0.25) is 0 Å². The molecule has 0 aliphatic rings. The van der Waals surface area contributed by atoms with Crippen molar-refractivity contribution in [3.8, 4) is 0 Å². The van der Waals surface area contributed by atoms with Crippen molar-refractivity contribution in [1.82, 2.24) is 9.97 Å². The van der Waals surface area contributed by atoms with Gasteiger partial charge in [0.05, 0.1) is 17.6 Å². The Morgan fingerprint density at radius 3 is 2.90 bits per heavy atom. The van der Waals surface area contributed by atoms with Crippen molar-refractivity contribution in [2.75, 3.05) is 5.32 Å². The first-order valence-corrected chi connectivity index (χ1v) is 7.71. The summed E-state index contributed by atoms with van der Waals surface area (Å²) in [5, 5.41) is 5.32. The first-order chi connectivity index (χ1) is 10.1. The van der Waals surface area contributed by atoms with E-state index in [1.54, 1.807) is 11.3 Å². The van der Waals surface area contributed by atoms with Crippen LogP contribution in [0.1, 0.15) is 15.4 Å². The fourth-order valence-electron chi connectivity index (χ4n) is 2.08. The number of para-hydroxylation sites is 1. The van der Waals surface area contributed by atoms with Crippen LogP contribution in [0.25, 0.3) is 10.9 Å². The van der Waals surface area contributed by atoms with Crippen LogP contribution in [0.3, 0.4) is 0 Å². The van der Waals surface area contributed by atoms with E-state index in [1.807, 2.05) is 43.5 Å². The second-order valence-electron chi connectivity index (χ2n) is 4.66. The lowest BCUT2D eigenvalue weighted by Crippen LogP contribution is -2.14. The lowest BCUT2D eigenvalue weighted by molar-refractivity contribution is 1.08. The zero-order valence-corrected chi connectivity index (χ0v) is 13.1. The van der Waals surface area contributed by atoms with E-state index in [9.17, 15) is 0 Å². The van der Waals surface area contributed by atoms with Gasteiger partial charge in [0.1, 0.15) is 15.8 Å². The predicted molar refractivity (Wildman–Crippen MR) is 91.8 cm³/mol. The Balaban J connectivity index is 1.95. The van der Waals surface area contributed by atoms with Gasteiger partial charge in [-0.1, -0.05) is 30.4 Å². The molecule has 3 N–H and O–H groups in total. The summed E-state index contributed by atoms with van der Waals surface area (Å²) in [5.74, 6) is 0.703. The smallest absolute Gasteiger partial charge is 0.137 e. The van der Waals surface area contributed by atoms with Crippen molar-refractivity contribution in [3.63, 3.8) is 0 Å². The molecule has 21 heavy (non-hydrogen) atoms. The molecule has 0 saturated heterocycles. The average molecular weight is 314 g/mol. The maximum absolute atomic E-state index is 5.82. The number of nitrogens with two attached hydrogens (primary N) is 1. The molecule has 2 aromatic heterocycles. The molecule has 0 saturated carbocycles. The van der Waals surface area contributed by atoms with E-state index in [0.29, 0.717) is 17.4 Å². The molecule has 2 heterocycles. The Bertz CT molecular complexity index is 810. The molecular weight excluding hydrogens is 300 g/mol. The van der Waals surface area contributed by atoms with Gasteiger partial charge in [-0.05, 0) is 19.1 Å². The number of benzene rings is 1. The SMILES string of the molecule is Cc1cnc(CNc2nc3ccccc3cc2C(N)=S)s1. The topological polar surface area (TPSA) is 63.8 Å². The second kappa shape index (κ2) is 5.75. The fourth-order valence-corrected chi connectivity index (χ4v) is 2.96. The molecule has 3 aromatic rings.